The maximum absolute atomic E-state index is 12.0. The summed E-state index contributed by atoms with van der Waals surface area (Å²) in [6.07, 6.45) is 5.15. The zero-order chi connectivity index (χ0) is 19.0. The van der Waals surface area contributed by atoms with Crippen LogP contribution in [0.3, 0.4) is 0 Å². The third-order valence-corrected chi connectivity index (χ3v) is 8.65. The highest BCUT2D eigenvalue weighted by Crippen LogP contribution is 2.36. The van der Waals surface area contributed by atoms with Gasteiger partial charge in [-0.25, -0.2) is 4.79 Å². The van der Waals surface area contributed by atoms with Gasteiger partial charge in [0.2, 0.25) is 0 Å². The summed E-state index contributed by atoms with van der Waals surface area (Å²) >= 11 is 0. The number of hydrogen-bond donors (Lipinski definition) is 0. The van der Waals surface area contributed by atoms with E-state index in [-0.39, 0.29) is 23.2 Å². The maximum atomic E-state index is 12.0. The lowest BCUT2D eigenvalue weighted by Gasteiger charge is -2.33. The van der Waals surface area contributed by atoms with Crippen molar-refractivity contribution in [3.63, 3.8) is 0 Å². The van der Waals surface area contributed by atoms with Crippen LogP contribution in [0.4, 0.5) is 4.79 Å². The topological polar surface area (TPSA) is 38.8 Å². The number of amides is 1. The number of unbranched alkanes of at least 4 members (excludes halogenated alkanes) is 2. The number of hydrogen-bond acceptors (Lipinski definition) is 3. The van der Waals surface area contributed by atoms with Crippen LogP contribution in [0, 0.1) is 12.0 Å². The molecular weight excluding hydrogens is 318 g/mol. The summed E-state index contributed by atoms with van der Waals surface area (Å²) < 4.78 is 11.2. The molecule has 0 aromatic heterocycles. The molecular formula is C19H37NO3Si. The molecule has 0 heterocycles. The highest BCUT2D eigenvalue weighted by molar-refractivity contribution is 6.74. The normalized spacial score (nSPS) is 12.0. The van der Waals surface area contributed by atoms with Gasteiger partial charge in [-0.2, -0.15) is 0 Å². The first-order valence-corrected chi connectivity index (χ1v) is 11.9. The molecule has 24 heavy (non-hydrogen) atoms. The first kappa shape index (κ1) is 22.8. The molecule has 0 bridgehead atoms. The van der Waals surface area contributed by atoms with E-state index in [1.54, 1.807) is 4.90 Å². The first-order chi connectivity index (χ1) is 10.9. The van der Waals surface area contributed by atoms with Crippen LogP contribution >= 0.6 is 0 Å². The van der Waals surface area contributed by atoms with Crippen molar-refractivity contribution in [3.05, 3.63) is 0 Å². The summed E-state index contributed by atoms with van der Waals surface area (Å²) in [7, 11) is -1.78. The molecule has 0 rings (SSSR count). The van der Waals surface area contributed by atoms with Crippen molar-refractivity contribution in [2.45, 2.75) is 97.9 Å². The smallest absolute Gasteiger partial charge is 0.410 e. The lowest BCUT2D eigenvalue weighted by Crippen LogP contribution is -2.42. The largest absolute Gasteiger partial charge is 0.500 e. The second-order valence-corrected chi connectivity index (χ2v) is 13.0. The van der Waals surface area contributed by atoms with E-state index in [0.29, 0.717) is 6.61 Å². The van der Waals surface area contributed by atoms with Gasteiger partial charge in [-0.15, -0.1) is 0 Å². The van der Waals surface area contributed by atoms with Gasteiger partial charge in [0, 0.05) is 18.5 Å². The number of carbonyl (C=O) groups excluding carboxylic acids is 1. The van der Waals surface area contributed by atoms with Gasteiger partial charge < -0.3 is 14.1 Å². The van der Waals surface area contributed by atoms with Crippen LogP contribution in [0.25, 0.3) is 0 Å². The Balaban J connectivity index is 4.02. The lowest BCUT2D eigenvalue weighted by atomic mass is 10.2. The monoisotopic (exact) mass is 355 g/mol. The Kier molecular flexibility index (Phi) is 9.50. The molecule has 0 N–H and O–H groups in total. The van der Waals surface area contributed by atoms with E-state index in [4.69, 9.17) is 9.16 Å². The van der Waals surface area contributed by atoms with Crippen molar-refractivity contribution in [1.29, 1.82) is 0 Å². The molecule has 0 atom stereocenters. The number of nitrogens with zero attached hydrogens (tertiary/aromatic N) is 1. The highest BCUT2D eigenvalue weighted by Gasteiger charge is 2.38. The molecule has 0 saturated heterocycles. The van der Waals surface area contributed by atoms with Crippen molar-refractivity contribution >= 4 is 14.4 Å². The van der Waals surface area contributed by atoms with Gasteiger partial charge in [-0.05, 0) is 58.7 Å². The summed E-state index contributed by atoms with van der Waals surface area (Å²) in [5, 5.41) is 0.175. The van der Waals surface area contributed by atoms with Crippen molar-refractivity contribution in [2.24, 2.45) is 0 Å². The van der Waals surface area contributed by atoms with E-state index in [1.807, 2.05) is 27.7 Å². The number of carbonyl (C=O) groups is 1. The highest BCUT2D eigenvalue weighted by atomic mass is 28.4. The summed E-state index contributed by atoms with van der Waals surface area (Å²) in [5.74, 6) is 3.07. The molecule has 0 aromatic rings. The summed E-state index contributed by atoms with van der Waals surface area (Å²) in [5.41, 5.74) is 0. The van der Waals surface area contributed by atoms with Gasteiger partial charge >= 0.3 is 6.09 Å². The molecule has 140 valence electrons. The Hall–Kier alpha value is -1.15. The van der Waals surface area contributed by atoms with Crippen molar-refractivity contribution in [2.75, 3.05) is 6.61 Å². The SMILES string of the molecule is CC(C)N(C(=O)OCCCCC#CO[Si](C)(C)C(C)(C)C)C(C)C. The maximum Gasteiger partial charge on any atom is 0.410 e. The minimum absolute atomic E-state index is 0.149. The fourth-order valence-electron chi connectivity index (χ4n) is 1.94. The Labute approximate surface area is 150 Å². The van der Waals surface area contributed by atoms with Gasteiger partial charge in [0.1, 0.15) is 0 Å². The molecule has 0 saturated carbocycles. The van der Waals surface area contributed by atoms with E-state index in [9.17, 15) is 4.79 Å². The second-order valence-electron chi connectivity index (χ2n) is 8.31. The van der Waals surface area contributed by atoms with Gasteiger partial charge in [0.05, 0.1) is 12.7 Å². The van der Waals surface area contributed by atoms with Gasteiger partial charge in [-0.1, -0.05) is 26.7 Å². The Morgan fingerprint density at radius 1 is 1.08 bits per heavy atom. The van der Waals surface area contributed by atoms with E-state index in [2.05, 4.69) is 45.9 Å². The van der Waals surface area contributed by atoms with Crippen LogP contribution in [0.1, 0.15) is 67.7 Å². The molecule has 0 fully saturated rings. The standard InChI is InChI=1S/C19H37NO3Si/c1-16(2)20(17(3)4)18(21)22-14-12-10-11-13-15-23-24(8,9)19(5,6)7/h16-17H,10-12,14H2,1-9H3. The van der Waals surface area contributed by atoms with Gasteiger partial charge in [0.15, 0.2) is 0 Å². The van der Waals surface area contributed by atoms with Crippen LogP contribution in [-0.2, 0) is 9.16 Å². The quantitative estimate of drug-likeness (QED) is 0.349. The molecule has 0 radical (unpaired) electrons. The van der Waals surface area contributed by atoms with Gasteiger partial charge in [0.25, 0.3) is 8.32 Å². The molecule has 0 spiro atoms. The molecule has 1 amide bonds. The summed E-state index contributed by atoms with van der Waals surface area (Å²) in [6.45, 7) is 19.4. The zero-order valence-corrected chi connectivity index (χ0v) is 18.2. The molecule has 0 unspecified atom stereocenters. The Morgan fingerprint density at radius 2 is 1.62 bits per heavy atom. The van der Waals surface area contributed by atoms with Crippen molar-refractivity contribution in [3.8, 4) is 12.0 Å². The minimum atomic E-state index is -1.78. The average molecular weight is 356 g/mol. The van der Waals surface area contributed by atoms with Crippen LogP contribution in [0.15, 0.2) is 0 Å². The van der Waals surface area contributed by atoms with Crippen LogP contribution in [0.2, 0.25) is 18.1 Å². The first-order valence-electron chi connectivity index (χ1n) is 9.01. The van der Waals surface area contributed by atoms with Crippen LogP contribution in [0.5, 0.6) is 0 Å². The number of rotatable bonds is 7. The average Bonchev–Trinajstić information content (AvgIpc) is 2.39. The fourth-order valence-corrected chi connectivity index (χ4v) is 2.57. The molecule has 5 heteroatoms. The van der Waals surface area contributed by atoms with Crippen molar-refractivity contribution < 1.29 is 14.0 Å². The molecule has 0 aromatic carbocycles. The number of ether oxygens (including phenoxy) is 1. The summed E-state index contributed by atoms with van der Waals surface area (Å²) in [4.78, 5) is 13.8. The fraction of sp³-hybridized carbons (Fsp3) is 0.842. The second kappa shape index (κ2) is 9.98. The lowest BCUT2D eigenvalue weighted by molar-refractivity contribution is 0.0781. The molecule has 4 nitrogen and oxygen atoms in total. The van der Waals surface area contributed by atoms with Crippen molar-refractivity contribution in [1.82, 2.24) is 4.90 Å². The molecule has 0 aliphatic heterocycles. The van der Waals surface area contributed by atoms with E-state index < -0.39 is 8.32 Å². The van der Waals surface area contributed by atoms with E-state index >= 15 is 0 Å². The Morgan fingerprint density at radius 3 is 2.08 bits per heavy atom. The third kappa shape index (κ3) is 8.10. The predicted molar refractivity (Wildman–Crippen MR) is 103 cm³/mol. The zero-order valence-electron chi connectivity index (χ0n) is 17.2. The third-order valence-electron chi connectivity index (χ3n) is 4.43. The van der Waals surface area contributed by atoms with E-state index in [1.165, 1.54) is 0 Å². The Bertz CT molecular complexity index is 434. The summed E-state index contributed by atoms with van der Waals surface area (Å²) in [6, 6.07) is 0.298. The van der Waals surface area contributed by atoms with Gasteiger partial charge in [-0.3, -0.25) is 0 Å². The molecule has 0 aliphatic carbocycles. The molecule has 0 aliphatic rings. The van der Waals surface area contributed by atoms with E-state index in [0.717, 1.165) is 19.3 Å². The van der Waals surface area contributed by atoms with Crippen LogP contribution < -0.4 is 0 Å². The minimum Gasteiger partial charge on any atom is -0.500 e. The predicted octanol–water partition coefficient (Wildman–Crippen LogP) is 5.39. The van der Waals surface area contributed by atoms with Crippen LogP contribution in [-0.4, -0.2) is 38.0 Å².